The second-order valence-electron chi connectivity index (χ2n) is 18.6. The second-order valence-corrected chi connectivity index (χ2v) is 27.0. The van der Waals surface area contributed by atoms with Crippen molar-refractivity contribution in [3.63, 3.8) is 0 Å². The van der Waals surface area contributed by atoms with Crippen LogP contribution in [0.25, 0.3) is 90.9 Å². The fraction of sp³-hybridized carbons (Fsp3) is 0.214. The van der Waals surface area contributed by atoms with Gasteiger partial charge in [0.25, 0.3) is 0 Å². The Morgan fingerprint density at radius 2 is 0.562 bits per heavy atom. The minimum Gasteiger partial charge on any atom is -0.354 e. The number of fused-ring (bicyclic) bond motifs is 8. The van der Waals surface area contributed by atoms with Gasteiger partial charge in [-0.25, -0.2) is 62.5 Å². The van der Waals surface area contributed by atoms with Gasteiger partial charge in [0.2, 0.25) is 40.1 Å². The third-order valence-electron chi connectivity index (χ3n) is 13.0. The number of H-pyrrole nitrogens is 2. The van der Waals surface area contributed by atoms with Crippen LogP contribution in [0.4, 0.5) is 0 Å². The summed E-state index contributed by atoms with van der Waals surface area (Å²) in [6, 6.07) is 25.4. The summed E-state index contributed by atoms with van der Waals surface area (Å²) < 4.78 is 121. The zero-order valence-corrected chi connectivity index (χ0v) is 49.8. The molecule has 0 saturated heterocycles. The standard InChI is InChI=1S/C56H54Cl4N8O8S4/c1-5-29-61-77(69,70)45-17-9-13-33(53(45)57)49-37-21-23-39(65-37)50(34-14-10-18-46(54(34)58)78(71,72)62-30-6-2)41-25-27-43(67-41)52(36-16-12-20-48(56(36)60)80(75,76)64-32-8-4)44-28-26-42(68-44)51(40-24-22-38(49)66-40)35-15-11-19-47(55(35)59)79(73,74)63-31-7-3/h9-28,61-65,68H,5-8,29-32H2,1-4H3. The maximum Gasteiger partial charge on any atom is 0.242 e. The van der Waals surface area contributed by atoms with E-state index in [4.69, 9.17) is 56.4 Å². The third kappa shape index (κ3) is 11.6. The SMILES string of the molecule is CCCNS(=O)(=O)c1cccc(-c2c3nc(c(-c4cccc(S(=O)(=O)NCCC)c4Cl)c4ccc([nH]4)c(-c4cccc(S(=O)(=O)NCCC)c4Cl)c4nc(c(-c5cccc(S(=O)(=O)NCCC)c5Cl)c5ccc2[nH]5)C=C4)C=C3)c1Cl. The highest BCUT2D eigenvalue weighted by Gasteiger charge is 2.29. The third-order valence-corrected chi connectivity index (χ3v) is 21.1. The molecule has 24 heteroatoms. The summed E-state index contributed by atoms with van der Waals surface area (Å²) in [5.74, 6) is 0. The number of sulfonamides is 4. The molecule has 7 aromatic rings. The first-order valence-corrected chi connectivity index (χ1v) is 32.9. The van der Waals surface area contributed by atoms with Crippen LogP contribution >= 0.6 is 46.4 Å². The molecule has 0 amide bonds. The maximum atomic E-state index is 13.9. The minimum absolute atomic E-state index is 0.119. The monoisotopic (exact) mass is 1230 g/mol. The molecule has 4 aromatic carbocycles. The number of hydrogen-bond donors (Lipinski definition) is 6. The van der Waals surface area contributed by atoms with Crippen LogP contribution in [-0.2, 0) is 40.1 Å². The van der Waals surface area contributed by atoms with E-state index in [9.17, 15) is 33.7 Å². The number of benzene rings is 4. The van der Waals surface area contributed by atoms with Crippen LogP contribution in [0.1, 0.15) is 76.2 Å². The number of hydrogen-bond acceptors (Lipinski definition) is 10. The van der Waals surface area contributed by atoms with Gasteiger partial charge < -0.3 is 9.97 Å². The molecule has 16 nitrogen and oxygen atoms in total. The molecule has 2 aliphatic heterocycles. The average molecular weight is 1240 g/mol. The van der Waals surface area contributed by atoms with E-state index in [1.807, 2.05) is 27.7 Å². The lowest BCUT2D eigenvalue weighted by Crippen LogP contribution is -2.24. The molecule has 0 unspecified atom stereocenters. The van der Waals surface area contributed by atoms with E-state index in [1.165, 1.54) is 24.3 Å². The largest absolute Gasteiger partial charge is 0.354 e. The highest BCUT2D eigenvalue weighted by molar-refractivity contribution is 7.90. The van der Waals surface area contributed by atoms with Gasteiger partial charge in [0, 0.05) is 92.8 Å². The van der Waals surface area contributed by atoms with Crippen molar-refractivity contribution in [3.05, 3.63) is 140 Å². The molecule has 0 saturated carbocycles. The average Bonchev–Trinajstić information content (AvgIpc) is 4.29. The lowest BCUT2D eigenvalue weighted by atomic mass is 10.0. The molecule has 0 radical (unpaired) electrons. The summed E-state index contributed by atoms with van der Waals surface area (Å²) in [6.45, 7) is 7.93. The molecule has 5 heterocycles. The molecular formula is C56H54Cl4N8O8S4. The molecule has 6 N–H and O–H groups in total. The van der Waals surface area contributed by atoms with Gasteiger partial charge >= 0.3 is 0 Å². The number of aromatic nitrogens is 4. The normalized spacial score (nSPS) is 12.9. The van der Waals surface area contributed by atoms with E-state index in [1.54, 1.807) is 97.1 Å². The number of rotatable bonds is 20. The van der Waals surface area contributed by atoms with Crippen molar-refractivity contribution < 1.29 is 33.7 Å². The van der Waals surface area contributed by atoms with Crippen molar-refractivity contribution in [2.45, 2.75) is 73.0 Å². The van der Waals surface area contributed by atoms with Gasteiger partial charge in [0.15, 0.2) is 0 Å². The van der Waals surface area contributed by atoms with Crippen molar-refractivity contribution in [2.24, 2.45) is 0 Å². The van der Waals surface area contributed by atoms with Gasteiger partial charge in [-0.2, -0.15) is 0 Å². The van der Waals surface area contributed by atoms with E-state index < -0.39 is 40.1 Å². The molecule has 0 atom stereocenters. The van der Waals surface area contributed by atoms with Crippen molar-refractivity contribution in [2.75, 3.05) is 26.2 Å². The van der Waals surface area contributed by atoms with E-state index in [2.05, 4.69) is 28.9 Å². The second kappa shape index (κ2) is 24.0. The molecule has 418 valence electrons. The number of aromatic amines is 2. The zero-order valence-electron chi connectivity index (χ0n) is 43.5. The fourth-order valence-corrected chi connectivity index (χ4v) is 16.3. The Labute approximate surface area is 485 Å². The molecule has 0 fully saturated rings. The Morgan fingerprint density at radius 3 is 0.762 bits per heavy atom. The van der Waals surface area contributed by atoms with Crippen LogP contribution in [0.15, 0.2) is 117 Å². The number of halogens is 4. The van der Waals surface area contributed by atoms with Crippen LogP contribution < -0.4 is 18.9 Å². The lowest BCUT2D eigenvalue weighted by molar-refractivity contribution is 0.579. The van der Waals surface area contributed by atoms with Crippen LogP contribution in [-0.4, -0.2) is 79.8 Å². The van der Waals surface area contributed by atoms with Crippen molar-refractivity contribution >= 4 is 133 Å². The minimum atomic E-state index is -4.14. The fourth-order valence-electron chi connectivity index (χ4n) is 9.24. The highest BCUT2D eigenvalue weighted by Crippen LogP contribution is 2.45. The topological polar surface area (TPSA) is 242 Å². The lowest BCUT2D eigenvalue weighted by Gasteiger charge is -2.13. The van der Waals surface area contributed by atoms with Gasteiger partial charge in [0.1, 0.15) is 19.6 Å². The van der Waals surface area contributed by atoms with Gasteiger partial charge in [-0.15, -0.1) is 0 Å². The first-order chi connectivity index (χ1) is 38.2. The molecule has 80 heavy (non-hydrogen) atoms. The quantitative estimate of drug-likeness (QED) is 0.0422. The van der Waals surface area contributed by atoms with Crippen LogP contribution in [0.2, 0.25) is 20.1 Å². The Hall–Kier alpha value is -5.72. The molecular weight excluding hydrogens is 1180 g/mol. The van der Waals surface area contributed by atoms with Gasteiger partial charge in [0.05, 0.1) is 42.9 Å². The summed E-state index contributed by atoms with van der Waals surface area (Å²) in [4.78, 5) is 16.7. The maximum absolute atomic E-state index is 13.9. The Morgan fingerprint density at radius 1 is 0.350 bits per heavy atom. The van der Waals surface area contributed by atoms with Crippen molar-refractivity contribution in [3.8, 4) is 44.5 Å². The van der Waals surface area contributed by atoms with E-state index in [0.29, 0.717) is 70.0 Å². The first kappa shape index (κ1) is 58.9. The summed E-state index contributed by atoms with van der Waals surface area (Å²) >= 11 is 28.9. The van der Waals surface area contributed by atoms with Crippen LogP contribution in [0, 0.1) is 0 Å². The molecule has 3 aromatic heterocycles. The summed E-state index contributed by atoms with van der Waals surface area (Å²) in [6.07, 6.45) is 8.89. The van der Waals surface area contributed by atoms with E-state index in [0.717, 1.165) is 0 Å². The predicted octanol–water partition coefficient (Wildman–Crippen LogP) is 12.7. The molecule has 0 aliphatic carbocycles. The highest BCUT2D eigenvalue weighted by atomic mass is 35.5. The van der Waals surface area contributed by atoms with E-state index >= 15 is 0 Å². The Bertz CT molecular complexity index is 3800. The summed E-state index contributed by atoms with van der Waals surface area (Å²) in [5, 5.41) is -0.475. The predicted molar refractivity (Wildman–Crippen MR) is 323 cm³/mol. The zero-order chi connectivity index (χ0) is 57.3. The smallest absolute Gasteiger partial charge is 0.242 e. The first-order valence-electron chi connectivity index (χ1n) is 25.5. The Kier molecular flexibility index (Phi) is 17.7. The summed E-state index contributed by atoms with van der Waals surface area (Å²) in [5.41, 5.74) is 4.98. The van der Waals surface area contributed by atoms with Gasteiger partial charge in [-0.3, -0.25) is 0 Å². The molecule has 9 rings (SSSR count). The van der Waals surface area contributed by atoms with Crippen LogP contribution in [0.5, 0.6) is 0 Å². The van der Waals surface area contributed by atoms with Gasteiger partial charge in [-0.05, 0) is 98.5 Å². The van der Waals surface area contributed by atoms with Crippen LogP contribution in [0.3, 0.4) is 0 Å². The molecule has 2 aliphatic rings. The number of nitrogens with zero attached hydrogens (tertiary/aromatic N) is 2. The van der Waals surface area contributed by atoms with E-state index in [-0.39, 0.29) is 111 Å². The van der Waals surface area contributed by atoms with Gasteiger partial charge in [-0.1, -0.05) is 123 Å². The molecule has 8 bridgehead atoms. The summed E-state index contributed by atoms with van der Waals surface area (Å²) in [7, 11) is -16.6. The molecule has 0 spiro atoms. The number of nitrogens with one attached hydrogen (secondary N) is 6. The van der Waals surface area contributed by atoms with Crippen molar-refractivity contribution in [1.82, 2.24) is 38.8 Å². The Balaban J connectivity index is 1.49. The van der Waals surface area contributed by atoms with Crippen molar-refractivity contribution in [1.29, 1.82) is 0 Å².